The molecule has 2 rings (SSSR count). The van der Waals surface area contributed by atoms with Crippen molar-refractivity contribution in [3.8, 4) is 0 Å². The van der Waals surface area contributed by atoms with E-state index in [2.05, 4.69) is 5.32 Å². The number of benzene rings is 2. The summed E-state index contributed by atoms with van der Waals surface area (Å²) >= 11 is 6.13. The van der Waals surface area contributed by atoms with E-state index < -0.39 is 28.5 Å². The highest BCUT2D eigenvalue weighted by molar-refractivity contribution is 7.92. The van der Waals surface area contributed by atoms with Crippen LogP contribution in [0.4, 0.5) is 5.69 Å². The number of hydrogen-bond donors (Lipinski definition) is 1. The molecule has 2 aromatic rings. The normalized spacial score (nSPS) is 12.2. The minimum Gasteiger partial charge on any atom is -0.354 e. The molecule has 7 nitrogen and oxygen atoms in total. The quantitative estimate of drug-likeness (QED) is 0.497. The van der Waals surface area contributed by atoms with Gasteiger partial charge in [0.2, 0.25) is 21.8 Å². The third-order valence-corrected chi connectivity index (χ3v) is 7.02. The second kappa shape index (κ2) is 12.2. The minimum absolute atomic E-state index is 0.190. The number of carbonyl (C=O) groups excluding carboxylic acids is 2. The summed E-state index contributed by atoms with van der Waals surface area (Å²) < 4.78 is 26.5. The maximum absolute atomic E-state index is 13.7. The zero-order chi connectivity index (χ0) is 25.5. The van der Waals surface area contributed by atoms with Crippen molar-refractivity contribution < 1.29 is 18.0 Å². The van der Waals surface area contributed by atoms with Crippen molar-refractivity contribution in [2.24, 2.45) is 0 Å². The maximum Gasteiger partial charge on any atom is 0.244 e. The Hall–Kier alpha value is -2.58. The van der Waals surface area contributed by atoms with Crippen LogP contribution in [0.1, 0.15) is 43.4 Å². The molecule has 0 spiro atoms. The number of carbonyl (C=O) groups is 2. The van der Waals surface area contributed by atoms with E-state index in [9.17, 15) is 18.0 Å². The molecule has 0 saturated carbocycles. The Morgan fingerprint density at radius 1 is 1.06 bits per heavy atom. The van der Waals surface area contributed by atoms with Gasteiger partial charge in [-0.1, -0.05) is 55.8 Å². The Balaban J connectivity index is 2.48. The van der Waals surface area contributed by atoms with Crippen molar-refractivity contribution in [2.45, 2.75) is 53.1 Å². The lowest BCUT2D eigenvalue weighted by Crippen LogP contribution is -2.52. The van der Waals surface area contributed by atoms with Crippen LogP contribution in [0.3, 0.4) is 0 Å². The second-order valence-corrected chi connectivity index (χ2v) is 10.7. The topological polar surface area (TPSA) is 86.8 Å². The minimum atomic E-state index is -3.81. The van der Waals surface area contributed by atoms with Crippen LogP contribution in [0.15, 0.2) is 42.5 Å². The molecule has 2 amide bonds. The van der Waals surface area contributed by atoms with Crippen molar-refractivity contribution in [3.05, 3.63) is 64.2 Å². The van der Waals surface area contributed by atoms with E-state index in [1.54, 1.807) is 19.1 Å². The third-order valence-electron chi connectivity index (χ3n) is 5.66. The lowest BCUT2D eigenvalue weighted by molar-refractivity contribution is -0.140. The molecule has 34 heavy (non-hydrogen) atoms. The van der Waals surface area contributed by atoms with Gasteiger partial charge in [0.25, 0.3) is 0 Å². The molecular weight excluding hydrogens is 474 g/mol. The Morgan fingerprint density at radius 2 is 1.74 bits per heavy atom. The molecule has 0 bridgehead atoms. The van der Waals surface area contributed by atoms with E-state index in [0.717, 1.165) is 28.1 Å². The van der Waals surface area contributed by atoms with Gasteiger partial charge in [-0.15, -0.1) is 0 Å². The summed E-state index contributed by atoms with van der Waals surface area (Å²) in [5, 5.41) is 3.23. The first kappa shape index (κ1) is 27.7. The lowest BCUT2D eigenvalue weighted by atomic mass is 10.1. The highest BCUT2D eigenvalue weighted by Crippen LogP contribution is 2.27. The molecule has 186 valence electrons. The highest BCUT2D eigenvalue weighted by atomic mass is 35.5. The van der Waals surface area contributed by atoms with Crippen LogP contribution in [-0.2, 0) is 26.2 Å². The molecule has 9 heteroatoms. The van der Waals surface area contributed by atoms with Crippen LogP contribution in [0.5, 0.6) is 0 Å². The van der Waals surface area contributed by atoms with Crippen LogP contribution in [0.25, 0.3) is 0 Å². The van der Waals surface area contributed by atoms with E-state index >= 15 is 0 Å². The molecule has 0 radical (unpaired) electrons. The number of nitrogens with one attached hydrogen (secondary N) is 1. The molecule has 0 aliphatic heterocycles. The standard InChI is InChI=1S/C25H34ClN3O4S/c1-6-14-27-25(31)22(7-2)28(16-20-11-9-8-10-18(20)3)24(30)17-29(34(5,32)33)23-15-21(26)13-12-19(23)4/h8-13,15,22H,6-7,14,16-17H2,1-5H3,(H,27,31)/t22-/m1/s1. The predicted octanol–water partition coefficient (Wildman–Crippen LogP) is 4.06. The summed E-state index contributed by atoms with van der Waals surface area (Å²) in [6.07, 6.45) is 2.21. The van der Waals surface area contributed by atoms with Crippen LogP contribution in [0, 0.1) is 13.8 Å². The third kappa shape index (κ3) is 7.21. The fourth-order valence-electron chi connectivity index (χ4n) is 3.70. The lowest BCUT2D eigenvalue weighted by Gasteiger charge is -2.33. The first-order valence-corrected chi connectivity index (χ1v) is 13.6. The average molecular weight is 508 g/mol. The summed E-state index contributed by atoms with van der Waals surface area (Å²) in [4.78, 5) is 28.1. The molecule has 0 aliphatic carbocycles. The van der Waals surface area contributed by atoms with Crippen LogP contribution in [0.2, 0.25) is 5.02 Å². The molecule has 0 heterocycles. The summed E-state index contributed by atoms with van der Waals surface area (Å²) in [6, 6.07) is 11.8. The molecule has 0 saturated heterocycles. The molecule has 0 aromatic heterocycles. The fraction of sp³-hybridized carbons (Fsp3) is 0.440. The van der Waals surface area contributed by atoms with Crippen molar-refractivity contribution in [3.63, 3.8) is 0 Å². The first-order chi connectivity index (χ1) is 16.0. The van der Waals surface area contributed by atoms with E-state index in [0.29, 0.717) is 29.2 Å². The van der Waals surface area contributed by atoms with E-state index in [4.69, 9.17) is 11.6 Å². The molecule has 1 atom stereocenters. The van der Waals surface area contributed by atoms with Gasteiger partial charge >= 0.3 is 0 Å². The zero-order valence-corrected chi connectivity index (χ0v) is 22.0. The Kier molecular flexibility index (Phi) is 9.94. The highest BCUT2D eigenvalue weighted by Gasteiger charge is 2.32. The largest absolute Gasteiger partial charge is 0.354 e. The van der Waals surface area contributed by atoms with Crippen molar-refractivity contribution in [1.29, 1.82) is 0 Å². The molecular formula is C25H34ClN3O4S. The number of anilines is 1. The van der Waals surface area contributed by atoms with Gasteiger partial charge in [-0.25, -0.2) is 8.42 Å². The number of hydrogen-bond acceptors (Lipinski definition) is 4. The summed E-state index contributed by atoms with van der Waals surface area (Å²) in [5.41, 5.74) is 2.88. The van der Waals surface area contributed by atoms with Gasteiger partial charge in [0, 0.05) is 18.1 Å². The number of aryl methyl sites for hydroxylation is 2. The number of halogens is 1. The monoisotopic (exact) mass is 507 g/mol. The van der Waals surface area contributed by atoms with Crippen molar-refractivity contribution in [2.75, 3.05) is 23.7 Å². The van der Waals surface area contributed by atoms with E-state index in [1.165, 1.54) is 11.0 Å². The van der Waals surface area contributed by atoms with Gasteiger partial charge < -0.3 is 10.2 Å². The zero-order valence-electron chi connectivity index (χ0n) is 20.5. The van der Waals surface area contributed by atoms with Gasteiger partial charge in [-0.05, 0) is 55.5 Å². The van der Waals surface area contributed by atoms with Crippen molar-refractivity contribution in [1.82, 2.24) is 10.2 Å². The van der Waals surface area contributed by atoms with Gasteiger partial charge in [0.05, 0.1) is 11.9 Å². The predicted molar refractivity (Wildman–Crippen MR) is 137 cm³/mol. The number of sulfonamides is 1. The molecule has 0 unspecified atom stereocenters. The molecule has 0 aliphatic rings. The molecule has 2 aromatic carbocycles. The number of rotatable bonds is 11. The van der Waals surface area contributed by atoms with Crippen LogP contribution < -0.4 is 9.62 Å². The molecule has 0 fully saturated rings. The SMILES string of the molecule is CCCNC(=O)[C@@H](CC)N(Cc1ccccc1C)C(=O)CN(c1cc(Cl)ccc1C)S(C)(=O)=O. The van der Waals surface area contributed by atoms with Gasteiger partial charge in [-0.2, -0.15) is 0 Å². The van der Waals surface area contributed by atoms with E-state index in [-0.39, 0.29) is 12.5 Å². The van der Waals surface area contributed by atoms with Crippen LogP contribution >= 0.6 is 11.6 Å². The maximum atomic E-state index is 13.7. The van der Waals surface area contributed by atoms with Gasteiger partial charge in [0.15, 0.2) is 0 Å². The average Bonchev–Trinajstić information content (AvgIpc) is 2.78. The first-order valence-electron chi connectivity index (χ1n) is 11.3. The van der Waals surface area contributed by atoms with Gasteiger partial charge in [0.1, 0.15) is 12.6 Å². The summed E-state index contributed by atoms with van der Waals surface area (Å²) in [7, 11) is -3.81. The Bertz CT molecular complexity index is 1120. The smallest absolute Gasteiger partial charge is 0.244 e. The Morgan fingerprint density at radius 3 is 2.32 bits per heavy atom. The summed E-state index contributed by atoms with van der Waals surface area (Å²) in [5.74, 6) is -0.720. The summed E-state index contributed by atoms with van der Waals surface area (Å²) in [6.45, 7) is 7.73. The van der Waals surface area contributed by atoms with Crippen molar-refractivity contribution >= 4 is 39.1 Å². The number of amides is 2. The number of nitrogens with zero attached hydrogens (tertiary/aromatic N) is 2. The second-order valence-electron chi connectivity index (χ2n) is 8.36. The fourth-order valence-corrected chi connectivity index (χ4v) is 4.77. The van der Waals surface area contributed by atoms with Crippen LogP contribution in [-0.4, -0.2) is 50.5 Å². The van der Waals surface area contributed by atoms with Gasteiger partial charge in [-0.3, -0.25) is 13.9 Å². The molecule has 1 N–H and O–H groups in total. The Labute approximate surface area is 208 Å². The van der Waals surface area contributed by atoms with E-state index in [1.807, 2.05) is 45.0 Å².